The molecule has 2 aromatic carbocycles. The number of carbonyl (C=O) groups is 2. The van der Waals surface area contributed by atoms with Gasteiger partial charge in [-0.15, -0.1) is 0 Å². The fourth-order valence-electron chi connectivity index (χ4n) is 3.35. The third-order valence-corrected chi connectivity index (χ3v) is 6.36. The van der Waals surface area contributed by atoms with Gasteiger partial charge in [0.05, 0.1) is 33.3 Å². The molecule has 2 aromatic rings. The van der Waals surface area contributed by atoms with E-state index in [-0.39, 0.29) is 23.9 Å². The summed E-state index contributed by atoms with van der Waals surface area (Å²) in [6.45, 7) is 1.10. The van der Waals surface area contributed by atoms with Gasteiger partial charge in [-0.25, -0.2) is 8.42 Å². The second kappa shape index (κ2) is 11.6. The zero-order valence-corrected chi connectivity index (χ0v) is 21.0. The van der Waals surface area contributed by atoms with Crippen LogP contribution < -0.4 is 23.8 Å². The topological polar surface area (TPSA) is 114 Å². The van der Waals surface area contributed by atoms with Gasteiger partial charge in [0.1, 0.15) is 29.8 Å². The van der Waals surface area contributed by atoms with Crippen molar-refractivity contribution in [3.63, 3.8) is 0 Å². The number of anilines is 1. The number of likely N-dealkylation sites (N-methyl/N-ethyl adjacent to an activating group) is 1. The maximum Gasteiger partial charge on any atom is 0.244 e. The highest BCUT2D eigenvalue weighted by molar-refractivity contribution is 7.92. The van der Waals surface area contributed by atoms with Crippen LogP contribution in [0.1, 0.15) is 12.5 Å². The summed E-state index contributed by atoms with van der Waals surface area (Å²) >= 11 is 0. The molecule has 0 bridgehead atoms. The van der Waals surface area contributed by atoms with E-state index >= 15 is 0 Å². The van der Waals surface area contributed by atoms with E-state index in [1.165, 1.54) is 39.3 Å². The van der Waals surface area contributed by atoms with Gasteiger partial charge in [-0.1, -0.05) is 12.1 Å². The Bertz CT molecular complexity index is 1120. The maximum absolute atomic E-state index is 13.5. The first-order chi connectivity index (χ1) is 16.0. The predicted octanol–water partition coefficient (Wildman–Crippen LogP) is 1.64. The third kappa shape index (κ3) is 6.53. The summed E-state index contributed by atoms with van der Waals surface area (Å²) in [7, 11) is 1.93. The van der Waals surface area contributed by atoms with Gasteiger partial charge in [0, 0.05) is 19.7 Å². The molecule has 0 radical (unpaired) electrons. The van der Waals surface area contributed by atoms with Crippen LogP contribution in [-0.4, -0.2) is 72.4 Å². The lowest BCUT2D eigenvalue weighted by Crippen LogP contribution is -2.50. The van der Waals surface area contributed by atoms with E-state index in [0.29, 0.717) is 17.1 Å². The molecule has 0 aliphatic carbocycles. The summed E-state index contributed by atoms with van der Waals surface area (Å²) in [5, 5.41) is 2.53. The molecule has 11 heteroatoms. The number of rotatable bonds is 11. The minimum atomic E-state index is -3.91. The van der Waals surface area contributed by atoms with Gasteiger partial charge >= 0.3 is 0 Å². The minimum Gasteiger partial charge on any atom is -0.497 e. The van der Waals surface area contributed by atoms with Gasteiger partial charge in [-0.05, 0) is 36.8 Å². The van der Waals surface area contributed by atoms with Crippen LogP contribution in [0.25, 0.3) is 0 Å². The van der Waals surface area contributed by atoms with Gasteiger partial charge in [0.25, 0.3) is 0 Å². The summed E-state index contributed by atoms with van der Waals surface area (Å²) in [6.07, 6.45) is 0.994. The Balaban J connectivity index is 2.48. The minimum absolute atomic E-state index is 0.0669. The Morgan fingerprint density at radius 3 is 2.21 bits per heavy atom. The number of amides is 2. The standard InChI is InChI=1S/C23H31N3O7S/c1-16(23(28)24-2)25(14-17-8-7-9-18(12-17)31-3)22(27)15-26(34(6,29)30)20-13-19(32-4)10-11-21(20)33-5/h7-13,16H,14-15H2,1-6H3,(H,24,28)/t16-/m1/s1. The molecular weight excluding hydrogens is 462 g/mol. The normalized spacial score (nSPS) is 11.8. The first kappa shape index (κ1) is 26.8. The number of sulfonamides is 1. The summed E-state index contributed by atoms with van der Waals surface area (Å²) in [5.41, 5.74) is 0.861. The second-order valence-corrected chi connectivity index (χ2v) is 9.38. The van der Waals surface area contributed by atoms with E-state index in [0.717, 1.165) is 10.6 Å². The molecule has 0 aliphatic heterocycles. The number of nitrogens with one attached hydrogen (secondary N) is 1. The predicted molar refractivity (Wildman–Crippen MR) is 129 cm³/mol. The number of methoxy groups -OCH3 is 3. The van der Waals surface area contributed by atoms with E-state index in [9.17, 15) is 18.0 Å². The molecule has 34 heavy (non-hydrogen) atoms. The number of carbonyl (C=O) groups excluding carboxylic acids is 2. The number of hydrogen-bond donors (Lipinski definition) is 1. The Morgan fingerprint density at radius 1 is 1.00 bits per heavy atom. The second-order valence-electron chi connectivity index (χ2n) is 7.47. The van der Waals surface area contributed by atoms with E-state index in [1.54, 1.807) is 43.3 Å². The molecule has 0 spiro atoms. The van der Waals surface area contributed by atoms with E-state index in [2.05, 4.69) is 5.32 Å². The number of benzene rings is 2. The molecule has 0 saturated carbocycles. The molecule has 0 fully saturated rings. The largest absolute Gasteiger partial charge is 0.497 e. The summed E-state index contributed by atoms with van der Waals surface area (Å²) in [5.74, 6) is 0.272. The van der Waals surface area contributed by atoms with Crippen molar-refractivity contribution in [2.45, 2.75) is 19.5 Å². The Morgan fingerprint density at radius 2 is 1.65 bits per heavy atom. The van der Waals surface area contributed by atoms with E-state index < -0.39 is 28.5 Å². The molecule has 1 atom stereocenters. The van der Waals surface area contributed by atoms with Crippen molar-refractivity contribution < 1.29 is 32.2 Å². The van der Waals surface area contributed by atoms with Gasteiger partial charge in [0.15, 0.2) is 0 Å². The van der Waals surface area contributed by atoms with Crippen molar-refractivity contribution >= 4 is 27.5 Å². The molecule has 0 aromatic heterocycles. The summed E-state index contributed by atoms with van der Waals surface area (Å²) < 4.78 is 42.2. The van der Waals surface area contributed by atoms with Crippen molar-refractivity contribution in [2.75, 3.05) is 45.5 Å². The van der Waals surface area contributed by atoms with Crippen LogP contribution in [0.2, 0.25) is 0 Å². The zero-order valence-electron chi connectivity index (χ0n) is 20.2. The highest BCUT2D eigenvalue weighted by atomic mass is 32.2. The summed E-state index contributed by atoms with van der Waals surface area (Å²) in [6, 6.07) is 10.9. The number of nitrogens with zero attached hydrogens (tertiary/aromatic N) is 2. The van der Waals surface area contributed by atoms with Crippen molar-refractivity contribution in [3.8, 4) is 17.2 Å². The zero-order chi connectivity index (χ0) is 25.5. The average molecular weight is 494 g/mol. The van der Waals surface area contributed by atoms with Crippen LogP contribution in [0.5, 0.6) is 17.2 Å². The van der Waals surface area contributed by atoms with Crippen molar-refractivity contribution in [1.82, 2.24) is 10.2 Å². The van der Waals surface area contributed by atoms with E-state index in [1.807, 2.05) is 0 Å². The quantitative estimate of drug-likeness (QED) is 0.506. The number of hydrogen-bond acceptors (Lipinski definition) is 7. The first-order valence-corrected chi connectivity index (χ1v) is 12.2. The highest BCUT2D eigenvalue weighted by Crippen LogP contribution is 2.34. The highest BCUT2D eigenvalue weighted by Gasteiger charge is 2.31. The monoisotopic (exact) mass is 493 g/mol. The average Bonchev–Trinajstić information content (AvgIpc) is 2.83. The molecular formula is C23H31N3O7S. The van der Waals surface area contributed by atoms with Crippen LogP contribution in [0, 0.1) is 0 Å². The molecule has 10 nitrogen and oxygen atoms in total. The SMILES string of the molecule is CNC(=O)[C@@H](C)N(Cc1cccc(OC)c1)C(=O)CN(c1cc(OC)ccc1OC)S(C)(=O)=O. The fourth-order valence-corrected chi connectivity index (χ4v) is 4.19. The smallest absolute Gasteiger partial charge is 0.244 e. The fraction of sp³-hybridized carbons (Fsp3) is 0.391. The molecule has 1 N–H and O–H groups in total. The molecule has 2 amide bonds. The van der Waals surface area contributed by atoms with Crippen molar-refractivity contribution in [1.29, 1.82) is 0 Å². The summed E-state index contributed by atoms with van der Waals surface area (Å²) in [4.78, 5) is 27.2. The van der Waals surface area contributed by atoms with Crippen LogP contribution in [-0.2, 0) is 26.2 Å². The van der Waals surface area contributed by atoms with Crippen LogP contribution >= 0.6 is 0 Å². The molecule has 0 unspecified atom stereocenters. The molecule has 2 rings (SSSR count). The van der Waals surface area contributed by atoms with E-state index in [4.69, 9.17) is 14.2 Å². The lowest BCUT2D eigenvalue weighted by atomic mass is 10.1. The van der Waals surface area contributed by atoms with Crippen LogP contribution in [0.4, 0.5) is 5.69 Å². The Hall–Kier alpha value is -3.47. The first-order valence-electron chi connectivity index (χ1n) is 10.4. The van der Waals surface area contributed by atoms with Gasteiger partial charge in [0.2, 0.25) is 21.8 Å². The maximum atomic E-state index is 13.5. The van der Waals surface area contributed by atoms with Gasteiger partial charge < -0.3 is 24.4 Å². The Kier molecular flexibility index (Phi) is 9.13. The van der Waals surface area contributed by atoms with Crippen molar-refractivity contribution in [3.05, 3.63) is 48.0 Å². The molecule has 186 valence electrons. The van der Waals surface area contributed by atoms with Gasteiger partial charge in [-0.3, -0.25) is 13.9 Å². The van der Waals surface area contributed by atoms with Gasteiger partial charge in [-0.2, -0.15) is 0 Å². The molecule has 0 aliphatic rings. The lowest BCUT2D eigenvalue weighted by molar-refractivity contribution is -0.139. The molecule has 0 saturated heterocycles. The lowest BCUT2D eigenvalue weighted by Gasteiger charge is -2.31. The molecule has 0 heterocycles. The Labute approximate surface area is 200 Å². The van der Waals surface area contributed by atoms with Crippen molar-refractivity contribution in [2.24, 2.45) is 0 Å². The third-order valence-electron chi connectivity index (χ3n) is 5.23. The van der Waals surface area contributed by atoms with Crippen LogP contribution in [0.15, 0.2) is 42.5 Å². The van der Waals surface area contributed by atoms with Crippen LogP contribution in [0.3, 0.4) is 0 Å². The number of ether oxygens (including phenoxy) is 3.